The molecule has 19 heavy (non-hydrogen) atoms. The van der Waals surface area contributed by atoms with Crippen LogP contribution < -0.4 is 0 Å². The quantitative estimate of drug-likeness (QED) is 0.789. The predicted octanol–water partition coefficient (Wildman–Crippen LogP) is 2.94. The summed E-state index contributed by atoms with van der Waals surface area (Å²) in [6.07, 6.45) is 6.87. The Hall–Kier alpha value is -1.72. The summed E-state index contributed by atoms with van der Waals surface area (Å²) in [7, 11) is 1.54. The van der Waals surface area contributed by atoms with Gasteiger partial charge in [0.05, 0.1) is 12.0 Å². The zero-order valence-electron chi connectivity index (χ0n) is 11.2. The molecule has 0 bridgehead atoms. The van der Waals surface area contributed by atoms with E-state index in [0.717, 1.165) is 4.88 Å². The van der Waals surface area contributed by atoms with Gasteiger partial charge in [0.1, 0.15) is 5.60 Å². The first-order valence-electron chi connectivity index (χ1n) is 5.88. The highest BCUT2D eigenvalue weighted by atomic mass is 32.1. The molecule has 0 aliphatic heterocycles. The van der Waals surface area contributed by atoms with Gasteiger partial charge in [0, 0.05) is 24.4 Å². The molecule has 0 aromatic carbocycles. The lowest BCUT2D eigenvalue weighted by Crippen LogP contribution is -2.35. The molecular weight excluding hydrogens is 260 g/mol. The van der Waals surface area contributed by atoms with Gasteiger partial charge in [0.2, 0.25) is 5.78 Å². The average Bonchev–Trinajstić information content (AvgIpc) is 3.07. The molecule has 2 rings (SSSR count). The molecule has 0 aliphatic rings. The molecule has 0 N–H and O–H groups in total. The van der Waals surface area contributed by atoms with Gasteiger partial charge in [-0.05, 0) is 31.4 Å². The van der Waals surface area contributed by atoms with Crippen molar-refractivity contribution in [3.8, 4) is 0 Å². The van der Waals surface area contributed by atoms with E-state index >= 15 is 0 Å². The maximum atomic E-state index is 12.6. The Morgan fingerprint density at radius 3 is 2.84 bits per heavy atom. The average molecular weight is 276 g/mol. The largest absolute Gasteiger partial charge is 0.371 e. The third-order valence-corrected chi connectivity index (χ3v) is 3.71. The summed E-state index contributed by atoms with van der Waals surface area (Å²) in [6.45, 7) is 3.52. The van der Waals surface area contributed by atoms with Crippen molar-refractivity contribution < 1.29 is 9.53 Å². The second-order valence-corrected chi connectivity index (χ2v) is 5.54. The third-order valence-electron chi connectivity index (χ3n) is 2.89. The van der Waals surface area contributed by atoms with E-state index in [1.807, 2.05) is 23.6 Å². The first kappa shape index (κ1) is 13.7. The first-order valence-corrected chi connectivity index (χ1v) is 6.76. The van der Waals surface area contributed by atoms with Gasteiger partial charge in [-0.3, -0.25) is 4.79 Å². The van der Waals surface area contributed by atoms with Crippen LogP contribution in [0.15, 0.2) is 36.2 Å². The summed E-state index contributed by atoms with van der Waals surface area (Å²) in [5.74, 6) is -0.0820. The molecule has 0 unspecified atom stereocenters. The maximum Gasteiger partial charge on any atom is 0.210 e. The van der Waals surface area contributed by atoms with Gasteiger partial charge in [-0.2, -0.15) is 0 Å². The van der Waals surface area contributed by atoms with Crippen LogP contribution >= 0.6 is 11.3 Å². The van der Waals surface area contributed by atoms with Crippen LogP contribution in [0.2, 0.25) is 0 Å². The number of Topliss-reactive ketones (excluding diaryl/α,β-unsaturated/α-hetero) is 1. The molecule has 4 nitrogen and oxygen atoms in total. The lowest BCUT2D eigenvalue weighted by molar-refractivity contribution is -0.131. The SMILES string of the molecule is COC(C)(C)C(=O)C(=Cc1cccs1)n1ccnc1. The number of aromatic nitrogens is 2. The molecule has 0 radical (unpaired) electrons. The zero-order chi connectivity index (χ0) is 13.9. The van der Waals surface area contributed by atoms with Crippen molar-refractivity contribution in [2.24, 2.45) is 0 Å². The normalized spacial score (nSPS) is 12.7. The van der Waals surface area contributed by atoms with Crippen LogP contribution in [0.25, 0.3) is 11.8 Å². The minimum absolute atomic E-state index is 0.0820. The van der Waals surface area contributed by atoms with E-state index in [0.29, 0.717) is 5.70 Å². The lowest BCUT2D eigenvalue weighted by atomic mass is 10.00. The number of ether oxygens (including phenoxy) is 1. The third kappa shape index (κ3) is 3.00. The number of methoxy groups -OCH3 is 1. The highest BCUT2D eigenvalue weighted by Crippen LogP contribution is 2.22. The number of imidazole rings is 1. The highest BCUT2D eigenvalue weighted by Gasteiger charge is 2.30. The summed E-state index contributed by atoms with van der Waals surface area (Å²) in [5, 5.41) is 1.98. The van der Waals surface area contributed by atoms with Crippen LogP contribution in [0, 0.1) is 0 Å². The topological polar surface area (TPSA) is 44.1 Å². The first-order chi connectivity index (χ1) is 9.04. The molecule has 2 aromatic heterocycles. The van der Waals surface area contributed by atoms with E-state index in [1.165, 1.54) is 7.11 Å². The molecule has 5 heteroatoms. The predicted molar refractivity (Wildman–Crippen MR) is 76.8 cm³/mol. The number of carbonyl (C=O) groups excluding carboxylic acids is 1. The van der Waals surface area contributed by atoms with Crippen LogP contribution in [0.1, 0.15) is 18.7 Å². The second kappa shape index (κ2) is 5.50. The van der Waals surface area contributed by atoms with Crippen molar-refractivity contribution in [1.29, 1.82) is 0 Å². The van der Waals surface area contributed by atoms with Gasteiger partial charge in [0.25, 0.3) is 0 Å². The highest BCUT2D eigenvalue weighted by molar-refractivity contribution is 7.10. The van der Waals surface area contributed by atoms with Gasteiger partial charge >= 0.3 is 0 Å². The van der Waals surface area contributed by atoms with Gasteiger partial charge in [-0.25, -0.2) is 4.98 Å². The molecule has 0 saturated carbocycles. The number of nitrogens with zero attached hydrogens (tertiary/aromatic N) is 2. The van der Waals surface area contributed by atoms with Crippen molar-refractivity contribution in [3.05, 3.63) is 41.1 Å². The maximum absolute atomic E-state index is 12.6. The van der Waals surface area contributed by atoms with E-state index in [9.17, 15) is 4.79 Å². The molecule has 0 spiro atoms. The van der Waals surface area contributed by atoms with Gasteiger partial charge in [0.15, 0.2) is 0 Å². The van der Waals surface area contributed by atoms with E-state index < -0.39 is 5.60 Å². The lowest BCUT2D eigenvalue weighted by Gasteiger charge is -2.23. The van der Waals surface area contributed by atoms with Gasteiger partial charge in [-0.1, -0.05) is 6.07 Å². The van der Waals surface area contributed by atoms with Crippen molar-refractivity contribution in [2.45, 2.75) is 19.4 Å². The fourth-order valence-corrected chi connectivity index (χ4v) is 2.22. The molecule has 0 amide bonds. The van der Waals surface area contributed by atoms with Gasteiger partial charge in [-0.15, -0.1) is 11.3 Å². The Kier molecular flexibility index (Phi) is 3.97. The number of rotatable bonds is 5. The number of hydrogen-bond donors (Lipinski definition) is 0. The number of thiophene rings is 1. The van der Waals surface area contributed by atoms with Crippen molar-refractivity contribution in [3.63, 3.8) is 0 Å². The minimum Gasteiger partial charge on any atom is -0.371 e. The zero-order valence-corrected chi connectivity index (χ0v) is 12.0. The molecule has 0 fully saturated rings. The second-order valence-electron chi connectivity index (χ2n) is 4.56. The summed E-state index contributed by atoms with van der Waals surface area (Å²) < 4.78 is 6.99. The standard InChI is InChI=1S/C14H16N2O2S/c1-14(2,18-3)13(17)12(16-7-6-15-10-16)9-11-5-4-8-19-11/h4-10H,1-3H3. The summed E-state index contributed by atoms with van der Waals surface area (Å²) in [4.78, 5) is 17.6. The minimum atomic E-state index is -0.868. The molecule has 2 heterocycles. The van der Waals surface area contributed by atoms with E-state index in [1.54, 1.807) is 48.5 Å². The Morgan fingerprint density at radius 2 is 2.32 bits per heavy atom. The fraction of sp³-hybridized carbons (Fsp3) is 0.286. The monoisotopic (exact) mass is 276 g/mol. The van der Waals surface area contributed by atoms with Crippen LogP contribution in [0.4, 0.5) is 0 Å². The van der Waals surface area contributed by atoms with Crippen LogP contribution in [-0.4, -0.2) is 28.0 Å². The van der Waals surface area contributed by atoms with E-state index in [-0.39, 0.29) is 5.78 Å². The Morgan fingerprint density at radius 1 is 1.53 bits per heavy atom. The summed E-state index contributed by atoms with van der Waals surface area (Å²) >= 11 is 1.58. The Labute approximate surface area is 116 Å². The van der Waals surface area contributed by atoms with Crippen molar-refractivity contribution >= 4 is 28.9 Å². The molecule has 0 saturated heterocycles. The number of hydrogen-bond acceptors (Lipinski definition) is 4. The fourth-order valence-electron chi connectivity index (χ4n) is 1.57. The number of ketones is 1. The molecule has 100 valence electrons. The van der Waals surface area contributed by atoms with E-state index in [2.05, 4.69) is 4.98 Å². The van der Waals surface area contributed by atoms with Crippen LogP contribution in [0.5, 0.6) is 0 Å². The summed E-state index contributed by atoms with van der Waals surface area (Å²) in [6, 6.07) is 3.92. The van der Waals surface area contributed by atoms with E-state index in [4.69, 9.17) is 4.74 Å². The summed E-state index contributed by atoms with van der Waals surface area (Å²) in [5.41, 5.74) is -0.320. The van der Waals surface area contributed by atoms with Crippen molar-refractivity contribution in [1.82, 2.24) is 9.55 Å². The molecule has 2 aromatic rings. The van der Waals surface area contributed by atoms with Crippen LogP contribution in [0.3, 0.4) is 0 Å². The molecular formula is C14H16N2O2S. The van der Waals surface area contributed by atoms with Gasteiger partial charge < -0.3 is 9.30 Å². The smallest absolute Gasteiger partial charge is 0.210 e. The molecule has 0 aliphatic carbocycles. The Bertz CT molecular complexity index is 569. The molecule has 0 atom stereocenters. The number of carbonyl (C=O) groups is 1. The van der Waals surface area contributed by atoms with Crippen molar-refractivity contribution in [2.75, 3.05) is 7.11 Å². The Balaban J connectivity index is 2.45. The van der Waals surface area contributed by atoms with Crippen LogP contribution in [-0.2, 0) is 9.53 Å².